The third-order valence-electron chi connectivity index (χ3n) is 7.83. The van der Waals surface area contributed by atoms with E-state index < -0.39 is 27.0 Å². The first-order valence-corrected chi connectivity index (χ1v) is 16.4. The van der Waals surface area contributed by atoms with Gasteiger partial charge in [0.15, 0.2) is 0 Å². The van der Waals surface area contributed by atoms with Crippen molar-refractivity contribution in [3.8, 4) is 0 Å². The fourth-order valence-corrected chi connectivity index (χ4v) is 6.41. The van der Waals surface area contributed by atoms with Crippen molar-refractivity contribution in [3.63, 3.8) is 0 Å². The molecule has 0 bridgehead atoms. The van der Waals surface area contributed by atoms with Crippen LogP contribution >= 0.6 is 0 Å². The Hall–Kier alpha value is -3.50. The molecule has 1 aliphatic rings. The minimum Gasteiger partial charge on any atom is -0.444 e. The Bertz CT molecular complexity index is 1560. The van der Waals surface area contributed by atoms with Crippen molar-refractivity contribution in [2.75, 3.05) is 24.4 Å². The Balaban J connectivity index is 1.58. The van der Waals surface area contributed by atoms with Gasteiger partial charge in [0.25, 0.3) is 0 Å². The summed E-state index contributed by atoms with van der Waals surface area (Å²) >= 11 is 0. The summed E-state index contributed by atoms with van der Waals surface area (Å²) in [6, 6.07) is 18.4. The summed E-state index contributed by atoms with van der Waals surface area (Å²) in [6.45, 7) is 10.4. The van der Waals surface area contributed by atoms with Crippen LogP contribution in [-0.2, 0) is 40.7 Å². The monoisotopic (exact) mass is 627 g/mol. The molecule has 0 saturated carbocycles. The lowest BCUT2D eigenvalue weighted by atomic mass is 9.90. The minimum absolute atomic E-state index is 0.00784. The van der Waals surface area contributed by atoms with Crippen LogP contribution in [-0.4, -0.2) is 61.3 Å². The molecule has 3 aromatic carbocycles. The van der Waals surface area contributed by atoms with Gasteiger partial charge in [0.2, 0.25) is 10.0 Å². The van der Waals surface area contributed by atoms with Gasteiger partial charge in [-0.1, -0.05) is 30.3 Å². The van der Waals surface area contributed by atoms with Crippen LogP contribution in [0, 0.1) is 11.6 Å². The zero-order valence-corrected chi connectivity index (χ0v) is 27.2. The largest absolute Gasteiger partial charge is 0.444 e. The number of hydrogen-bond donors (Lipinski definition) is 0. The smallest absolute Gasteiger partial charge is 0.410 e. The van der Waals surface area contributed by atoms with Gasteiger partial charge in [-0.2, -0.15) is 0 Å². The molecule has 0 fully saturated rings. The summed E-state index contributed by atoms with van der Waals surface area (Å²) in [6.07, 6.45) is 0.789. The maximum atomic E-state index is 14.1. The fraction of sp³-hybridized carbons (Fsp3) is 0.441. The van der Waals surface area contributed by atoms with Crippen LogP contribution in [0.25, 0.3) is 0 Å². The molecular weight excluding hydrogens is 584 g/mol. The van der Waals surface area contributed by atoms with Crippen molar-refractivity contribution in [2.24, 2.45) is 0 Å². The van der Waals surface area contributed by atoms with E-state index in [1.807, 2.05) is 32.9 Å². The Morgan fingerprint density at radius 2 is 1.66 bits per heavy atom. The molecule has 0 N–H and O–H groups in total. The molecule has 0 saturated heterocycles. The number of ether oxygens (including phenoxy) is 1. The molecule has 7 nitrogen and oxygen atoms in total. The Morgan fingerprint density at radius 1 is 0.977 bits per heavy atom. The van der Waals surface area contributed by atoms with Gasteiger partial charge < -0.3 is 9.64 Å². The SMILES string of the molecule is CC(C)S(=O)(=O)N(C)c1cccc(CN(CCN2Cc3ccc(F)cc3CC2Cc2ccc(F)cc2)C(=O)OC(C)(C)C)c1. The number of anilines is 1. The fourth-order valence-electron chi connectivity index (χ4n) is 5.37. The zero-order chi connectivity index (χ0) is 32.2. The molecule has 238 valence electrons. The van der Waals surface area contributed by atoms with Gasteiger partial charge in [0.1, 0.15) is 17.2 Å². The highest BCUT2D eigenvalue weighted by molar-refractivity contribution is 7.93. The number of fused-ring (bicyclic) bond motifs is 1. The Labute approximate surface area is 260 Å². The number of rotatable bonds is 10. The summed E-state index contributed by atoms with van der Waals surface area (Å²) in [4.78, 5) is 17.4. The molecule has 1 aliphatic heterocycles. The first-order chi connectivity index (χ1) is 20.6. The number of carbonyl (C=O) groups excluding carboxylic acids is 1. The minimum atomic E-state index is -3.52. The second-order valence-electron chi connectivity index (χ2n) is 12.7. The molecular formula is C34H43F2N3O4S. The van der Waals surface area contributed by atoms with Gasteiger partial charge >= 0.3 is 6.09 Å². The second-order valence-corrected chi connectivity index (χ2v) is 15.2. The van der Waals surface area contributed by atoms with E-state index in [1.54, 1.807) is 55.1 Å². The number of nitrogens with zero attached hydrogens (tertiary/aromatic N) is 3. The molecule has 0 radical (unpaired) electrons. The van der Waals surface area contributed by atoms with Gasteiger partial charge in [0.05, 0.1) is 10.9 Å². The normalized spacial score (nSPS) is 15.6. The highest BCUT2D eigenvalue weighted by Crippen LogP contribution is 2.27. The standard InChI is InChI=1S/C34H43F2N3O4S/c1-24(2)44(41,42)37(6)31-9-7-8-26(19-31)22-39(33(40)43-34(3,4)5)17-16-38-23-27-12-15-30(36)20-28(27)21-32(38)18-25-10-13-29(35)14-11-25/h7-15,19-20,24,32H,16-18,21-23H2,1-6H3. The molecule has 1 heterocycles. The van der Waals surface area contributed by atoms with Crippen molar-refractivity contribution in [1.82, 2.24) is 9.80 Å². The Kier molecular flexibility index (Phi) is 10.4. The number of amides is 1. The van der Waals surface area contributed by atoms with Crippen LogP contribution in [0.5, 0.6) is 0 Å². The molecule has 4 rings (SSSR count). The number of benzene rings is 3. The van der Waals surface area contributed by atoms with E-state index in [0.717, 1.165) is 22.3 Å². The lowest BCUT2D eigenvalue weighted by Gasteiger charge is -2.38. The average molecular weight is 628 g/mol. The number of carbonyl (C=O) groups is 1. The summed E-state index contributed by atoms with van der Waals surface area (Å²) in [7, 11) is -2.00. The number of hydrogen-bond acceptors (Lipinski definition) is 5. The first kappa shape index (κ1) is 33.4. The van der Waals surface area contributed by atoms with E-state index in [4.69, 9.17) is 4.74 Å². The van der Waals surface area contributed by atoms with Crippen molar-refractivity contribution in [1.29, 1.82) is 0 Å². The summed E-state index contributed by atoms with van der Waals surface area (Å²) in [5.41, 5.74) is 3.54. The highest BCUT2D eigenvalue weighted by atomic mass is 32.2. The van der Waals surface area contributed by atoms with E-state index in [-0.39, 0.29) is 24.2 Å². The van der Waals surface area contributed by atoms with E-state index in [2.05, 4.69) is 4.90 Å². The van der Waals surface area contributed by atoms with Crippen molar-refractivity contribution in [3.05, 3.63) is 101 Å². The maximum Gasteiger partial charge on any atom is 0.410 e. The second kappa shape index (κ2) is 13.6. The predicted octanol–water partition coefficient (Wildman–Crippen LogP) is 6.55. The lowest BCUT2D eigenvalue weighted by molar-refractivity contribution is 0.0198. The summed E-state index contributed by atoms with van der Waals surface area (Å²) < 4.78 is 60.3. The molecule has 44 heavy (non-hydrogen) atoms. The van der Waals surface area contributed by atoms with E-state index in [9.17, 15) is 22.0 Å². The third kappa shape index (κ3) is 8.57. The Morgan fingerprint density at radius 3 is 2.32 bits per heavy atom. The van der Waals surface area contributed by atoms with Crippen LogP contribution in [0.1, 0.15) is 56.9 Å². The summed E-state index contributed by atoms with van der Waals surface area (Å²) in [5, 5.41) is -0.580. The molecule has 0 spiro atoms. The van der Waals surface area contributed by atoms with Crippen LogP contribution in [0.15, 0.2) is 66.7 Å². The molecule has 1 amide bonds. The molecule has 1 unspecified atom stereocenters. The zero-order valence-electron chi connectivity index (χ0n) is 26.4. The quantitative estimate of drug-likeness (QED) is 0.255. The highest BCUT2D eigenvalue weighted by Gasteiger charge is 2.29. The van der Waals surface area contributed by atoms with Gasteiger partial charge in [-0.3, -0.25) is 9.21 Å². The van der Waals surface area contributed by atoms with Crippen LogP contribution in [0.4, 0.5) is 19.3 Å². The van der Waals surface area contributed by atoms with Crippen molar-refractivity contribution >= 4 is 21.8 Å². The average Bonchev–Trinajstić information content (AvgIpc) is 2.95. The lowest BCUT2D eigenvalue weighted by Crippen LogP contribution is -2.47. The van der Waals surface area contributed by atoms with Crippen molar-refractivity contribution < 1.29 is 26.7 Å². The van der Waals surface area contributed by atoms with E-state index >= 15 is 0 Å². The van der Waals surface area contributed by atoms with Crippen molar-refractivity contribution in [2.45, 2.75) is 77.4 Å². The van der Waals surface area contributed by atoms with Gasteiger partial charge in [-0.15, -0.1) is 0 Å². The van der Waals surface area contributed by atoms with Gasteiger partial charge in [-0.05, 0) is 106 Å². The molecule has 3 aromatic rings. The van der Waals surface area contributed by atoms with E-state index in [1.165, 1.54) is 29.6 Å². The predicted molar refractivity (Wildman–Crippen MR) is 170 cm³/mol. The van der Waals surface area contributed by atoms with Gasteiger partial charge in [0, 0.05) is 39.3 Å². The van der Waals surface area contributed by atoms with E-state index in [0.29, 0.717) is 38.2 Å². The topological polar surface area (TPSA) is 70.2 Å². The molecule has 10 heteroatoms. The molecule has 0 aliphatic carbocycles. The summed E-state index contributed by atoms with van der Waals surface area (Å²) in [5.74, 6) is -0.574. The first-order valence-electron chi connectivity index (χ1n) is 14.9. The van der Waals surface area contributed by atoms with Crippen LogP contribution in [0.3, 0.4) is 0 Å². The maximum absolute atomic E-state index is 14.1. The number of sulfonamides is 1. The van der Waals surface area contributed by atoms with Crippen LogP contribution in [0.2, 0.25) is 0 Å². The third-order valence-corrected chi connectivity index (χ3v) is 10.00. The van der Waals surface area contributed by atoms with Gasteiger partial charge in [-0.25, -0.2) is 22.0 Å². The molecule has 1 atom stereocenters. The number of halogens is 2. The van der Waals surface area contributed by atoms with Crippen LogP contribution < -0.4 is 4.31 Å². The molecule has 0 aromatic heterocycles.